The molecule has 31 heavy (non-hydrogen) atoms. The number of hydrogen-bond acceptors (Lipinski definition) is 3. The van der Waals surface area contributed by atoms with Crippen LogP contribution in [0.5, 0.6) is 0 Å². The second-order valence-electron chi connectivity index (χ2n) is 7.03. The Morgan fingerprint density at radius 2 is 1.65 bits per heavy atom. The van der Waals surface area contributed by atoms with Gasteiger partial charge in [0, 0.05) is 26.3 Å². The van der Waals surface area contributed by atoms with E-state index in [4.69, 9.17) is 34.8 Å². The molecule has 5 nitrogen and oxygen atoms in total. The van der Waals surface area contributed by atoms with Gasteiger partial charge in [0.15, 0.2) is 5.82 Å². The van der Waals surface area contributed by atoms with Crippen molar-refractivity contribution in [3.8, 4) is 17.1 Å². The van der Waals surface area contributed by atoms with Gasteiger partial charge in [-0.1, -0.05) is 59.1 Å². The molecule has 0 unspecified atom stereocenters. The first kappa shape index (κ1) is 21.4. The van der Waals surface area contributed by atoms with Crippen LogP contribution in [0.1, 0.15) is 21.7 Å². The van der Waals surface area contributed by atoms with Crippen LogP contribution >= 0.6 is 34.8 Å². The number of nitrogens with one attached hydrogen (secondary N) is 1. The van der Waals surface area contributed by atoms with Crippen molar-refractivity contribution in [2.45, 2.75) is 13.8 Å². The number of hydrogen-bond donors (Lipinski definition) is 1. The Bertz CT molecular complexity index is 1300. The molecule has 0 bridgehead atoms. The fourth-order valence-electron chi connectivity index (χ4n) is 3.02. The maximum absolute atomic E-state index is 12.9. The Morgan fingerprint density at radius 3 is 2.39 bits per heavy atom. The Morgan fingerprint density at radius 1 is 0.903 bits per heavy atom. The number of aromatic nitrogens is 3. The summed E-state index contributed by atoms with van der Waals surface area (Å²) < 4.78 is 1.58. The van der Waals surface area contributed by atoms with E-state index in [1.807, 2.05) is 44.2 Å². The van der Waals surface area contributed by atoms with Crippen LogP contribution in [0.3, 0.4) is 0 Å². The zero-order valence-corrected chi connectivity index (χ0v) is 18.9. The standard InChI is InChI=1S/C23H17Cl3N4O/c1-13-7-9-18(12-19(13)26)30-22(15-4-3-5-16(24)10-15)28-21(29-30)23(31)27-20-11-17(25)8-6-14(20)2/h3-12H,1-2H3,(H,27,31). The Labute approximate surface area is 194 Å². The first-order valence-corrected chi connectivity index (χ1v) is 10.5. The highest BCUT2D eigenvalue weighted by molar-refractivity contribution is 6.31. The van der Waals surface area contributed by atoms with Crippen LogP contribution in [0.15, 0.2) is 60.7 Å². The van der Waals surface area contributed by atoms with Crippen molar-refractivity contribution in [2.75, 3.05) is 5.32 Å². The van der Waals surface area contributed by atoms with Crippen LogP contribution in [0.4, 0.5) is 5.69 Å². The van der Waals surface area contributed by atoms with Gasteiger partial charge in [0.1, 0.15) is 0 Å². The minimum atomic E-state index is -0.453. The van der Waals surface area contributed by atoms with Crippen LogP contribution in [0.2, 0.25) is 15.1 Å². The van der Waals surface area contributed by atoms with E-state index in [-0.39, 0.29) is 5.82 Å². The summed E-state index contributed by atoms with van der Waals surface area (Å²) in [6.45, 7) is 3.79. The van der Waals surface area contributed by atoms with E-state index in [9.17, 15) is 4.79 Å². The number of aryl methyl sites for hydroxylation is 2. The van der Waals surface area contributed by atoms with Crippen LogP contribution in [0.25, 0.3) is 17.1 Å². The molecule has 4 aromatic rings. The Kier molecular flexibility index (Phi) is 6.01. The van der Waals surface area contributed by atoms with Crippen molar-refractivity contribution in [1.29, 1.82) is 0 Å². The summed E-state index contributed by atoms with van der Waals surface area (Å²) in [6.07, 6.45) is 0. The molecule has 0 saturated carbocycles. The third kappa shape index (κ3) is 4.59. The summed E-state index contributed by atoms with van der Waals surface area (Å²) in [5.74, 6) is 0.0204. The predicted molar refractivity (Wildman–Crippen MR) is 126 cm³/mol. The maximum atomic E-state index is 12.9. The largest absolute Gasteiger partial charge is 0.319 e. The number of amides is 1. The van der Waals surface area contributed by atoms with E-state index in [0.29, 0.717) is 32.3 Å². The fraction of sp³-hybridized carbons (Fsp3) is 0.0870. The molecular weight excluding hydrogens is 455 g/mol. The normalized spacial score (nSPS) is 10.9. The maximum Gasteiger partial charge on any atom is 0.295 e. The third-order valence-corrected chi connectivity index (χ3v) is 5.62. The molecule has 1 amide bonds. The lowest BCUT2D eigenvalue weighted by Gasteiger charge is -2.08. The minimum Gasteiger partial charge on any atom is -0.319 e. The molecule has 1 aromatic heterocycles. The van der Waals surface area contributed by atoms with Gasteiger partial charge >= 0.3 is 0 Å². The SMILES string of the molecule is Cc1ccc(-n2nc(C(=O)Nc3cc(Cl)ccc3C)nc2-c2cccc(Cl)c2)cc1Cl. The van der Waals surface area contributed by atoms with E-state index >= 15 is 0 Å². The van der Waals surface area contributed by atoms with E-state index in [1.54, 1.807) is 35.0 Å². The van der Waals surface area contributed by atoms with Gasteiger partial charge < -0.3 is 5.32 Å². The molecule has 3 aromatic carbocycles. The molecule has 0 spiro atoms. The van der Waals surface area contributed by atoms with Gasteiger partial charge in [-0.15, -0.1) is 5.10 Å². The van der Waals surface area contributed by atoms with Gasteiger partial charge in [-0.25, -0.2) is 9.67 Å². The lowest BCUT2D eigenvalue weighted by Crippen LogP contribution is -2.15. The summed E-state index contributed by atoms with van der Waals surface area (Å²) in [5.41, 5.74) is 3.80. The van der Waals surface area contributed by atoms with Gasteiger partial charge in [-0.05, 0) is 61.4 Å². The molecule has 0 aliphatic rings. The molecule has 1 N–H and O–H groups in total. The molecule has 0 saturated heterocycles. The summed E-state index contributed by atoms with van der Waals surface area (Å²) in [7, 11) is 0. The van der Waals surface area contributed by atoms with Crippen LogP contribution in [0, 0.1) is 13.8 Å². The van der Waals surface area contributed by atoms with Gasteiger partial charge in [0.05, 0.1) is 5.69 Å². The molecule has 0 radical (unpaired) electrons. The van der Waals surface area contributed by atoms with Crippen LogP contribution in [-0.2, 0) is 0 Å². The summed E-state index contributed by atoms with van der Waals surface area (Å²) in [6, 6.07) is 18.0. The summed E-state index contributed by atoms with van der Waals surface area (Å²) in [5, 5.41) is 8.95. The molecular formula is C23H17Cl3N4O. The van der Waals surface area contributed by atoms with E-state index in [2.05, 4.69) is 15.4 Å². The number of rotatable bonds is 4. The van der Waals surface area contributed by atoms with Crippen LogP contribution < -0.4 is 5.32 Å². The van der Waals surface area contributed by atoms with Crippen molar-refractivity contribution in [3.63, 3.8) is 0 Å². The fourth-order valence-corrected chi connectivity index (χ4v) is 3.56. The monoisotopic (exact) mass is 470 g/mol. The Hall–Kier alpha value is -2.86. The molecule has 0 fully saturated rings. The third-order valence-electron chi connectivity index (χ3n) is 4.74. The van der Waals surface area contributed by atoms with E-state index < -0.39 is 5.91 Å². The molecule has 0 aliphatic heterocycles. The highest BCUT2D eigenvalue weighted by Gasteiger charge is 2.20. The molecule has 156 valence electrons. The number of carbonyl (C=O) groups excluding carboxylic acids is 1. The van der Waals surface area contributed by atoms with Crippen molar-refractivity contribution < 1.29 is 4.79 Å². The molecule has 0 atom stereocenters. The van der Waals surface area contributed by atoms with Crippen molar-refractivity contribution in [1.82, 2.24) is 14.8 Å². The summed E-state index contributed by atoms with van der Waals surface area (Å²) >= 11 is 18.6. The zero-order chi connectivity index (χ0) is 22.1. The van der Waals surface area contributed by atoms with Crippen molar-refractivity contribution in [2.24, 2.45) is 0 Å². The van der Waals surface area contributed by atoms with Gasteiger partial charge in [0.2, 0.25) is 5.82 Å². The molecule has 1 heterocycles. The molecule has 4 rings (SSSR count). The van der Waals surface area contributed by atoms with Crippen molar-refractivity contribution >= 4 is 46.4 Å². The first-order chi connectivity index (χ1) is 14.8. The molecule has 0 aliphatic carbocycles. The number of halogens is 3. The minimum absolute atomic E-state index is 0.00560. The average Bonchev–Trinajstić information content (AvgIpc) is 3.18. The van der Waals surface area contributed by atoms with E-state index in [1.165, 1.54) is 0 Å². The first-order valence-electron chi connectivity index (χ1n) is 9.39. The smallest absolute Gasteiger partial charge is 0.295 e. The van der Waals surface area contributed by atoms with Crippen LogP contribution in [-0.4, -0.2) is 20.7 Å². The number of carbonyl (C=O) groups is 1. The highest BCUT2D eigenvalue weighted by Crippen LogP contribution is 2.27. The Balaban J connectivity index is 1.80. The lowest BCUT2D eigenvalue weighted by molar-refractivity contribution is 0.101. The van der Waals surface area contributed by atoms with E-state index in [0.717, 1.165) is 16.7 Å². The number of nitrogens with zero attached hydrogens (tertiary/aromatic N) is 3. The highest BCUT2D eigenvalue weighted by atomic mass is 35.5. The van der Waals surface area contributed by atoms with Gasteiger partial charge in [-0.2, -0.15) is 0 Å². The quantitative estimate of drug-likeness (QED) is 0.357. The summed E-state index contributed by atoms with van der Waals surface area (Å²) in [4.78, 5) is 17.5. The zero-order valence-electron chi connectivity index (χ0n) is 16.7. The number of anilines is 1. The lowest BCUT2D eigenvalue weighted by atomic mass is 10.2. The van der Waals surface area contributed by atoms with Crippen molar-refractivity contribution in [3.05, 3.63) is 92.7 Å². The number of benzene rings is 3. The topological polar surface area (TPSA) is 59.8 Å². The second-order valence-corrected chi connectivity index (χ2v) is 8.31. The average molecular weight is 472 g/mol. The molecule has 8 heteroatoms. The predicted octanol–water partition coefficient (Wildman–Crippen LogP) is 6.76. The van der Waals surface area contributed by atoms with Gasteiger partial charge in [-0.3, -0.25) is 4.79 Å². The second kappa shape index (κ2) is 8.71. The van der Waals surface area contributed by atoms with Gasteiger partial charge in [0.25, 0.3) is 5.91 Å².